The van der Waals surface area contributed by atoms with Crippen LogP contribution in [0.3, 0.4) is 0 Å². The van der Waals surface area contributed by atoms with E-state index in [1.54, 1.807) is 42.5 Å². The summed E-state index contributed by atoms with van der Waals surface area (Å²) >= 11 is 0. The molecule has 6 heteroatoms. The van der Waals surface area contributed by atoms with Gasteiger partial charge in [-0.3, -0.25) is 9.52 Å². The van der Waals surface area contributed by atoms with Gasteiger partial charge >= 0.3 is 0 Å². The average molecular weight is 431 g/mol. The highest BCUT2D eigenvalue weighted by atomic mass is 32.2. The average Bonchev–Trinajstić information content (AvgIpc) is 2.77. The number of amides is 1. The fourth-order valence-electron chi connectivity index (χ4n) is 3.29. The maximum absolute atomic E-state index is 12.6. The second-order valence-corrected chi connectivity index (χ2v) is 9.05. The van der Waals surface area contributed by atoms with Crippen LogP contribution in [0.4, 0.5) is 5.69 Å². The molecule has 31 heavy (non-hydrogen) atoms. The lowest BCUT2D eigenvalue weighted by molar-refractivity contribution is 0.0951. The van der Waals surface area contributed by atoms with Gasteiger partial charge < -0.3 is 5.32 Å². The first-order chi connectivity index (χ1) is 14.9. The van der Waals surface area contributed by atoms with Crippen molar-refractivity contribution in [1.29, 1.82) is 0 Å². The zero-order valence-electron chi connectivity index (χ0n) is 17.0. The number of aryl methyl sites for hydroxylation is 1. The molecule has 0 atom stereocenters. The number of fused-ring (bicyclic) bond motifs is 1. The highest BCUT2D eigenvalue weighted by molar-refractivity contribution is 7.92. The molecule has 0 saturated carbocycles. The number of carbonyl (C=O) groups is 1. The molecule has 0 aromatic heterocycles. The summed E-state index contributed by atoms with van der Waals surface area (Å²) in [6, 6.07) is 27.1. The van der Waals surface area contributed by atoms with E-state index in [1.807, 2.05) is 49.4 Å². The summed E-state index contributed by atoms with van der Waals surface area (Å²) in [5.41, 5.74) is 2.68. The Balaban J connectivity index is 1.45. The molecular formula is C25H22N2O3S. The van der Waals surface area contributed by atoms with Crippen LogP contribution in [-0.2, 0) is 16.6 Å². The van der Waals surface area contributed by atoms with Crippen LogP contribution >= 0.6 is 0 Å². The van der Waals surface area contributed by atoms with Crippen molar-refractivity contribution in [3.8, 4) is 0 Å². The Kier molecular flexibility index (Phi) is 5.73. The van der Waals surface area contributed by atoms with Crippen molar-refractivity contribution in [3.05, 3.63) is 108 Å². The predicted molar refractivity (Wildman–Crippen MR) is 124 cm³/mol. The number of carbonyl (C=O) groups excluding carboxylic acids is 1. The molecule has 0 unspecified atom stereocenters. The van der Waals surface area contributed by atoms with Gasteiger partial charge in [-0.2, -0.15) is 0 Å². The molecule has 156 valence electrons. The predicted octanol–water partition coefficient (Wildman–Crippen LogP) is 4.88. The minimum Gasteiger partial charge on any atom is -0.348 e. The lowest BCUT2D eigenvalue weighted by atomic mass is 10.1. The van der Waals surface area contributed by atoms with Gasteiger partial charge in [0.25, 0.3) is 15.9 Å². The van der Waals surface area contributed by atoms with E-state index in [0.717, 1.165) is 21.9 Å². The molecule has 4 aromatic rings. The highest BCUT2D eigenvalue weighted by Crippen LogP contribution is 2.19. The molecule has 0 aliphatic rings. The summed E-state index contributed by atoms with van der Waals surface area (Å²) in [6.07, 6.45) is 0. The van der Waals surface area contributed by atoms with Crippen LogP contribution in [0.1, 0.15) is 21.5 Å². The first kappa shape index (κ1) is 20.6. The number of sulfonamides is 1. The van der Waals surface area contributed by atoms with Crippen LogP contribution in [-0.4, -0.2) is 14.3 Å². The molecule has 0 saturated heterocycles. The number of rotatable bonds is 6. The second-order valence-electron chi connectivity index (χ2n) is 7.36. The van der Waals surface area contributed by atoms with E-state index in [9.17, 15) is 13.2 Å². The molecule has 1 amide bonds. The zero-order chi connectivity index (χ0) is 21.8. The van der Waals surface area contributed by atoms with E-state index in [0.29, 0.717) is 17.8 Å². The van der Waals surface area contributed by atoms with Crippen LogP contribution < -0.4 is 10.0 Å². The van der Waals surface area contributed by atoms with E-state index in [2.05, 4.69) is 10.0 Å². The number of hydrogen-bond donors (Lipinski definition) is 2. The third-order valence-electron chi connectivity index (χ3n) is 4.98. The van der Waals surface area contributed by atoms with Gasteiger partial charge in [0.2, 0.25) is 0 Å². The fraction of sp³-hybridized carbons (Fsp3) is 0.0800. The first-order valence-electron chi connectivity index (χ1n) is 9.86. The van der Waals surface area contributed by atoms with Crippen LogP contribution in [0.2, 0.25) is 0 Å². The maximum atomic E-state index is 12.6. The van der Waals surface area contributed by atoms with Crippen LogP contribution in [0.15, 0.2) is 95.9 Å². The van der Waals surface area contributed by atoms with Gasteiger partial charge in [0, 0.05) is 17.8 Å². The molecule has 2 N–H and O–H groups in total. The fourth-order valence-corrected chi connectivity index (χ4v) is 4.34. The highest BCUT2D eigenvalue weighted by Gasteiger charge is 2.15. The summed E-state index contributed by atoms with van der Waals surface area (Å²) in [7, 11) is -3.73. The largest absolute Gasteiger partial charge is 0.348 e. The smallest absolute Gasteiger partial charge is 0.261 e. The maximum Gasteiger partial charge on any atom is 0.261 e. The Morgan fingerprint density at radius 3 is 2.32 bits per heavy atom. The van der Waals surface area contributed by atoms with E-state index in [1.165, 1.54) is 6.07 Å². The lowest BCUT2D eigenvalue weighted by Gasteiger charge is -2.10. The van der Waals surface area contributed by atoms with Crippen LogP contribution in [0.5, 0.6) is 0 Å². The molecule has 4 aromatic carbocycles. The standard InChI is InChI=1S/C25H22N2O3S/c1-18-9-13-24(14-10-18)31(29,30)27-23-8-4-7-22(16-23)25(28)26-17-19-11-12-20-5-2-3-6-21(20)15-19/h2-16,27H,17H2,1H3,(H,26,28). The molecule has 0 aliphatic carbocycles. The Labute approximate surface area is 181 Å². The number of benzene rings is 4. The quantitative estimate of drug-likeness (QED) is 0.458. The molecule has 0 bridgehead atoms. The lowest BCUT2D eigenvalue weighted by Crippen LogP contribution is -2.23. The van der Waals surface area contributed by atoms with E-state index >= 15 is 0 Å². The van der Waals surface area contributed by atoms with Crippen LogP contribution in [0.25, 0.3) is 10.8 Å². The van der Waals surface area contributed by atoms with Crippen molar-refractivity contribution < 1.29 is 13.2 Å². The summed E-state index contributed by atoms with van der Waals surface area (Å²) in [4.78, 5) is 12.8. The molecule has 4 rings (SSSR count). The SMILES string of the molecule is Cc1ccc(S(=O)(=O)Nc2cccc(C(=O)NCc3ccc4ccccc4c3)c2)cc1. The third-order valence-corrected chi connectivity index (χ3v) is 6.37. The van der Waals surface area contributed by atoms with Crippen molar-refractivity contribution in [2.24, 2.45) is 0 Å². The Morgan fingerprint density at radius 1 is 0.806 bits per heavy atom. The minimum absolute atomic E-state index is 0.171. The van der Waals surface area contributed by atoms with Gasteiger partial charge in [-0.25, -0.2) is 8.42 Å². The summed E-state index contributed by atoms with van der Waals surface area (Å²) in [5.74, 6) is -0.274. The minimum atomic E-state index is -3.73. The number of nitrogens with one attached hydrogen (secondary N) is 2. The molecule has 0 spiro atoms. The Morgan fingerprint density at radius 2 is 1.55 bits per heavy atom. The van der Waals surface area contributed by atoms with E-state index in [4.69, 9.17) is 0 Å². The Bertz CT molecular complexity index is 1350. The van der Waals surface area contributed by atoms with Gasteiger partial charge in [0.1, 0.15) is 0 Å². The van der Waals surface area contributed by atoms with Crippen molar-refractivity contribution in [1.82, 2.24) is 5.32 Å². The van der Waals surface area contributed by atoms with Crippen molar-refractivity contribution in [3.63, 3.8) is 0 Å². The van der Waals surface area contributed by atoms with E-state index < -0.39 is 10.0 Å². The second kappa shape index (κ2) is 8.62. The molecule has 0 radical (unpaired) electrons. The van der Waals surface area contributed by atoms with Crippen molar-refractivity contribution in [2.75, 3.05) is 4.72 Å². The van der Waals surface area contributed by atoms with Gasteiger partial charge in [-0.05, 0) is 59.7 Å². The third kappa shape index (κ3) is 4.92. The number of anilines is 1. The molecular weight excluding hydrogens is 408 g/mol. The zero-order valence-corrected chi connectivity index (χ0v) is 17.8. The normalized spacial score (nSPS) is 11.3. The van der Waals surface area contributed by atoms with Crippen molar-refractivity contribution >= 4 is 32.4 Å². The molecule has 0 fully saturated rings. The van der Waals surface area contributed by atoms with Gasteiger partial charge in [0.15, 0.2) is 0 Å². The summed E-state index contributed by atoms with van der Waals surface area (Å²) in [5, 5.41) is 5.15. The van der Waals surface area contributed by atoms with Crippen molar-refractivity contribution in [2.45, 2.75) is 18.4 Å². The topological polar surface area (TPSA) is 75.3 Å². The summed E-state index contributed by atoms with van der Waals surface area (Å²) in [6.45, 7) is 2.27. The Hall–Kier alpha value is -3.64. The van der Waals surface area contributed by atoms with Gasteiger partial charge in [-0.15, -0.1) is 0 Å². The van der Waals surface area contributed by atoms with Gasteiger partial charge in [0.05, 0.1) is 4.90 Å². The van der Waals surface area contributed by atoms with Gasteiger partial charge in [-0.1, -0.05) is 60.2 Å². The van der Waals surface area contributed by atoms with E-state index in [-0.39, 0.29) is 10.8 Å². The summed E-state index contributed by atoms with van der Waals surface area (Å²) < 4.78 is 27.7. The first-order valence-corrected chi connectivity index (χ1v) is 11.3. The number of hydrogen-bond acceptors (Lipinski definition) is 3. The van der Waals surface area contributed by atoms with Crippen LogP contribution in [0, 0.1) is 6.92 Å². The molecule has 5 nitrogen and oxygen atoms in total. The molecule has 0 heterocycles. The monoisotopic (exact) mass is 430 g/mol. The molecule has 0 aliphatic heterocycles.